The molecule has 1 aromatic heterocycles. The predicted molar refractivity (Wildman–Crippen MR) is 67.9 cm³/mol. The third-order valence-corrected chi connectivity index (χ3v) is 3.72. The maximum Gasteiger partial charge on any atom is 0.183 e. The van der Waals surface area contributed by atoms with Crippen LogP contribution < -0.4 is 5.32 Å². The molecule has 0 spiro atoms. The first kappa shape index (κ1) is 12.7. The molecule has 1 N–H and O–H groups in total. The van der Waals surface area contributed by atoms with Gasteiger partial charge in [-0.3, -0.25) is 4.79 Å². The smallest absolute Gasteiger partial charge is 0.183 e. The van der Waals surface area contributed by atoms with Crippen molar-refractivity contribution >= 4 is 21.7 Å². The van der Waals surface area contributed by atoms with Crippen LogP contribution in [0.2, 0.25) is 0 Å². The van der Waals surface area contributed by atoms with Gasteiger partial charge in [0.15, 0.2) is 10.4 Å². The molecule has 1 unspecified atom stereocenters. The number of carbonyl (C=O) groups is 1. The normalized spacial score (nSPS) is 20.5. The van der Waals surface area contributed by atoms with E-state index in [-0.39, 0.29) is 5.78 Å². The number of rotatable bonds is 4. The first-order valence-corrected chi connectivity index (χ1v) is 6.79. The van der Waals surface area contributed by atoms with Crippen molar-refractivity contribution in [2.45, 2.75) is 38.1 Å². The Hall–Kier alpha value is -0.750. The Bertz CT molecular complexity index is 379. The maximum atomic E-state index is 12.0. The Balaban J connectivity index is 1.89. The molecule has 0 amide bonds. The summed E-state index contributed by atoms with van der Waals surface area (Å²) in [5.74, 6) is 0.108. The average Bonchev–Trinajstić information content (AvgIpc) is 2.67. The number of halogens is 1. The molecule has 1 aliphatic rings. The summed E-state index contributed by atoms with van der Waals surface area (Å²) in [5.41, 5.74) is 0.570. The average molecular weight is 301 g/mol. The molecule has 1 saturated heterocycles. The molecule has 0 radical (unpaired) electrons. The summed E-state index contributed by atoms with van der Waals surface area (Å²) in [7, 11) is 1.74. The number of Topliss-reactive ketones (excluding diaryl/α,β-unsaturated/α-hetero) is 1. The lowest BCUT2D eigenvalue weighted by atomic mass is 9.99. The summed E-state index contributed by atoms with van der Waals surface area (Å²) in [6, 6.07) is 0.493. The van der Waals surface area contributed by atoms with Gasteiger partial charge in [-0.25, -0.2) is 4.68 Å². The van der Waals surface area contributed by atoms with Crippen LogP contribution in [0.5, 0.6) is 0 Å². The highest BCUT2D eigenvalue weighted by molar-refractivity contribution is 9.10. The molecule has 94 valence electrons. The summed E-state index contributed by atoms with van der Waals surface area (Å²) in [4.78, 5) is 12.0. The van der Waals surface area contributed by atoms with E-state index < -0.39 is 0 Å². The molecule has 0 aromatic carbocycles. The summed E-state index contributed by atoms with van der Waals surface area (Å²) < 4.78 is 2.07. The number of hydrogen-bond donors (Lipinski definition) is 1. The number of aromatic nitrogens is 3. The van der Waals surface area contributed by atoms with E-state index in [2.05, 4.69) is 31.6 Å². The minimum atomic E-state index is 0.108. The molecule has 1 fully saturated rings. The number of ketones is 1. The van der Waals surface area contributed by atoms with Crippen molar-refractivity contribution in [2.75, 3.05) is 6.54 Å². The van der Waals surface area contributed by atoms with E-state index >= 15 is 0 Å². The molecule has 1 atom stereocenters. The van der Waals surface area contributed by atoms with Crippen molar-refractivity contribution in [1.82, 2.24) is 20.3 Å². The van der Waals surface area contributed by atoms with Crippen LogP contribution in [0.1, 0.15) is 42.6 Å². The van der Waals surface area contributed by atoms with Crippen molar-refractivity contribution < 1.29 is 4.79 Å². The third kappa shape index (κ3) is 3.13. The van der Waals surface area contributed by atoms with E-state index in [9.17, 15) is 4.79 Å². The monoisotopic (exact) mass is 300 g/mol. The molecule has 5 nitrogen and oxygen atoms in total. The fraction of sp³-hybridized carbons (Fsp3) is 0.727. The first-order chi connectivity index (χ1) is 8.18. The standard InChI is InChI=1S/C11H17BrN4O/c1-16-10(11(12)14-15-16)9(17)6-5-8-4-2-3-7-13-8/h8,13H,2-7H2,1H3. The number of nitrogens with zero attached hydrogens (tertiary/aromatic N) is 3. The van der Waals surface area contributed by atoms with Gasteiger partial charge in [0.25, 0.3) is 0 Å². The molecular formula is C11H17BrN4O. The summed E-state index contributed by atoms with van der Waals surface area (Å²) >= 11 is 3.25. The van der Waals surface area contributed by atoms with E-state index in [0.29, 0.717) is 22.8 Å². The zero-order chi connectivity index (χ0) is 12.3. The maximum absolute atomic E-state index is 12.0. The topological polar surface area (TPSA) is 59.8 Å². The Morgan fingerprint density at radius 2 is 2.41 bits per heavy atom. The van der Waals surface area contributed by atoms with Crippen molar-refractivity contribution in [2.24, 2.45) is 7.05 Å². The molecule has 0 saturated carbocycles. The van der Waals surface area contributed by atoms with Gasteiger partial charge in [-0.05, 0) is 41.7 Å². The number of aryl methyl sites for hydroxylation is 1. The second-order valence-corrected chi connectivity index (χ2v) is 5.21. The van der Waals surface area contributed by atoms with Gasteiger partial charge in [0, 0.05) is 19.5 Å². The molecule has 0 aliphatic carbocycles. The highest BCUT2D eigenvalue weighted by Gasteiger charge is 2.19. The fourth-order valence-corrected chi connectivity index (χ4v) is 2.77. The number of hydrogen-bond acceptors (Lipinski definition) is 4. The van der Waals surface area contributed by atoms with Crippen LogP contribution in [-0.2, 0) is 7.05 Å². The molecule has 0 bridgehead atoms. The lowest BCUT2D eigenvalue weighted by Gasteiger charge is -2.22. The lowest BCUT2D eigenvalue weighted by Crippen LogP contribution is -2.34. The quantitative estimate of drug-likeness (QED) is 0.860. The van der Waals surface area contributed by atoms with Crippen molar-refractivity contribution in [1.29, 1.82) is 0 Å². The first-order valence-electron chi connectivity index (χ1n) is 6.00. The Labute approximate surface area is 109 Å². The van der Waals surface area contributed by atoms with Crippen LogP contribution in [0.25, 0.3) is 0 Å². The van der Waals surface area contributed by atoms with E-state index in [0.717, 1.165) is 13.0 Å². The van der Waals surface area contributed by atoms with Gasteiger partial charge < -0.3 is 5.32 Å². The van der Waals surface area contributed by atoms with Gasteiger partial charge in [-0.1, -0.05) is 11.6 Å². The van der Waals surface area contributed by atoms with E-state index in [1.54, 1.807) is 7.05 Å². The molecule has 2 heterocycles. The van der Waals surface area contributed by atoms with Crippen LogP contribution in [-0.4, -0.2) is 33.4 Å². The van der Waals surface area contributed by atoms with Crippen LogP contribution in [0.4, 0.5) is 0 Å². The van der Waals surface area contributed by atoms with Gasteiger partial charge in [0.1, 0.15) is 5.69 Å². The van der Waals surface area contributed by atoms with Gasteiger partial charge >= 0.3 is 0 Å². The van der Waals surface area contributed by atoms with Crippen molar-refractivity contribution in [3.05, 3.63) is 10.3 Å². The highest BCUT2D eigenvalue weighted by Crippen LogP contribution is 2.17. The number of carbonyl (C=O) groups excluding carboxylic acids is 1. The van der Waals surface area contributed by atoms with Crippen LogP contribution in [0.3, 0.4) is 0 Å². The van der Waals surface area contributed by atoms with Gasteiger partial charge in [-0.2, -0.15) is 0 Å². The van der Waals surface area contributed by atoms with Gasteiger partial charge in [0.2, 0.25) is 0 Å². The molecular weight excluding hydrogens is 284 g/mol. The van der Waals surface area contributed by atoms with Crippen LogP contribution in [0.15, 0.2) is 4.60 Å². The SMILES string of the molecule is Cn1nnc(Br)c1C(=O)CCC1CCCCN1. The summed E-state index contributed by atoms with van der Waals surface area (Å²) in [5, 5.41) is 11.1. The zero-order valence-electron chi connectivity index (χ0n) is 9.95. The number of nitrogens with one attached hydrogen (secondary N) is 1. The van der Waals surface area contributed by atoms with Crippen molar-refractivity contribution in [3.8, 4) is 0 Å². The molecule has 1 aromatic rings. The Kier molecular flexibility index (Phi) is 4.28. The van der Waals surface area contributed by atoms with E-state index in [4.69, 9.17) is 0 Å². The Morgan fingerprint density at radius 3 is 3.00 bits per heavy atom. The lowest BCUT2D eigenvalue weighted by molar-refractivity contribution is 0.0964. The van der Waals surface area contributed by atoms with E-state index in [1.165, 1.54) is 23.9 Å². The second-order valence-electron chi connectivity index (χ2n) is 4.46. The predicted octanol–water partition coefficient (Wildman–Crippen LogP) is 1.68. The third-order valence-electron chi connectivity index (χ3n) is 3.18. The largest absolute Gasteiger partial charge is 0.314 e. The summed E-state index contributed by atoms with van der Waals surface area (Å²) in [6.07, 6.45) is 5.15. The Morgan fingerprint density at radius 1 is 1.59 bits per heavy atom. The minimum Gasteiger partial charge on any atom is -0.314 e. The van der Waals surface area contributed by atoms with Crippen LogP contribution >= 0.6 is 15.9 Å². The molecule has 2 rings (SSSR count). The highest BCUT2D eigenvalue weighted by atomic mass is 79.9. The molecule has 6 heteroatoms. The second kappa shape index (κ2) is 5.73. The van der Waals surface area contributed by atoms with Crippen molar-refractivity contribution in [3.63, 3.8) is 0 Å². The number of piperidine rings is 1. The van der Waals surface area contributed by atoms with Gasteiger partial charge in [0.05, 0.1) is 0 Å². The van der Waals surface area contributed by atoms with Gasteiger partial charge in [-0.15, -0.1) is 5.10 Å². The molecule has 17 heavy (non-hydrogen) atoms. The zero-order valence-corrected chi connectivity index (χ0v) is 11.5. The van der Waals surface area contributed by atoms with Crippen LogP contribution in [0, 0.1) is 0 Å². The fourth-order valence-electron chi connectivity index (χ4n) is 2.22. The molecule has 1 aliphatic heterocycles. The summed E-state index contributed by atoms with van der Waals surface area (Å²) in [6.45, 7) is 1.08. The van der Waals surface area contributed by atoms with E-state index in [1.807, 2.05) is 0 Å². The minimum absolute atomic E-state index is 0.108.